The van der Waals surface area contributed by atoms with Gasteiger partial charge in [-0.3, -0.25) is 4.99 Å². The second kappa shape index (κ2) is 9.79. The van der Waals surface area contributed by atoms with Gasteiger partial charge in [0.25, 0.3) is 0 Å². The summed E-state index contributed by atoms with van der Waals surface area (Å²) in [5, 5.41) is 4.86. The number of aliphatic imine (C=N–C) groups is 1. The number of nitrogens with zero attached hydrogens (tertiary/aromatic N) is 2. The van der Waals surface area contributed by atoms with Gasteiger partial charge in [0.1, 0.15) is 6.10 Å². The number of hydrogen-bond acceptors (Lipinski definition) is 3. The molecule has 3 rings (SSSR count). The summed E-state index contributed by atoms with van der Waals surface area (Å²) >= 11 is 12.2. The topological polar surface area (TPSA) is 46.1 Å². The second-order valence-corrected chi connectivity index (χ2v) is 7.56. The average molecular weight is 400 g/mol. The van der Waals surface area contributed by atoms with Crippen molar-refractivity contribution in [2.45, 2.75) is 37.9 Å². The van der Waals surface area contributed by atoms with Crippen molar-refractivity contribution in [3.05, 3.63) is 33.8 Å². The molecule has 2 aliphatic heterocycles. The minimum atomic E-state index is 0.137. The number of ether oxygens (including phenoxy) is 2. The van der Waals surface area contributed by atoms with Gasteiger partial charge in [-0.25, -0.2) is 0 Å². The predicted molar refractivity (Wildman–Crippen MR) is 106 cm³/mol. The summed E-state index contributed by atoms with van der Waals surface area (Å²) < 4.78 is 11.7. The SMILES string of the molecule is CN=C(NCCCc1ccc(Cl)cc1Cl)N1CCOC(C2CCCO2)C1. The van der Waals surface area contributed by atoms with E-state index in [0.717, 1.165) is 68.5 Å². The summed E-state index contributed by atoms with van der Waals surface area (Å²) in [6, 6.07) is 5.67. The molecule has 2 unspecified atom stereocenters. The van der Waals surface area contributed by atoms with Crippen LogP contribution in [0.25, 0.3) is 0 Å². The van der Waals surface area contributed by atoms with Crippen molar-refractivity contribution in [2.24, 2.45) is 4.99 Å². The van der Waals surface area contributed by atoms with Crippen LogP contribution in [0.5, 0.6) is 0 Å². The molecule has 2 saturated heterocycles. The van der Waals surface area contributed by atoms with E-state index in [9.17, 15) is 0 Å². The molecule has 26 heavy (non-hydrogen) atoms. The van der Waals surface area contributed by atoms with Crippen molar-refractivity contribution in [3.8, 4) is 0 Å². The molecular formula is C19H27Cl2N3O2. The molecule has 2 aliphatic rings. The largest absolute Gasteiger partial charge is 0.375 e. The van der Waals surface area contributed by atoms with E-state index in [1.165, 1.54) is 0 Å². The fraction of sp³-hybridized carbons (Fsp3) is 0.632. The Kier molecular flexibility index (Phi) is 7.43. The lowest BCUT2D eigenvalue weighted by atomic mass is 10.1. The quantitative estimate of drug-likeness (QED) is 0.468. The molecule has 2 heterocycles. The minimum Gasteiger partial charge on any atom is -0.375 e. The zero-order valence-corrected chi connectivity index (χ0v) is 16.7. The Morgan fingerprint density at radius 1 is 1.27 bits per heavy atom. The fourth-order valence-electron chi connectivity index (χ4n) is 3.52. The maximum absolute atomic E-state index is 6.24. The Morgan fingerprint density at radius 3 is 2.85 bits per heavy atom. The average Bonchev–Trinajstić information content (AvgIpc) is 3.18. The normalized spacial score (nSPS) is 24.1. The van der Waals surface area contributed by atoms with Crippen molar-refractivity contribution < 1.29 is 9.47 Å². The molecule has 1 aromatic carbocycles. The number of rotatable bonds is 5. The Balaban J connectivity index is 1.45. The molecule has 0 amide bonds. The van der Waals surface area contributed by atoms with Crippen molar-refractivity contribution in [3.63, 3.8) is 0 Å². The summed E-state index contributed by atoms with van der Waals surface area (Å²) in [6.07, 6.45) is 4.46. The molecule has 0 aliphatic carbocycles. The maximum atomic E-state index is 6.24. The maximum Gasteiger partial charge on any atom is 0.193 e. The molecule has 1 N–H and O–H groups in total. The van der Waals surface area contributed by atoms with Crippen LogP contribution in [-0.4, -0.2) is 63.0 Å². The minimum absolute atomic E-state index is 0.137. The van der Waals surface area contributed by atoms with Crippen LogP contribution in [0.2, 0.25) is 10.0 Å². The highest BCUT2D eigenvalue weighted by Gasteiger charge is 2.32. The van der Waals surface area contributed by atoms with E-state index in [4.69, 9.17) is 32.7 Å². The summed E-state index contributed by atoms with van der Waals surface area (Å²) in [5.41, 5.74) is 1.12. The summed E-state index contributed by atoms with van der Waals surface area (Å²) in [6.45, 7) is 4.09. The number of morpholine rings is 1. The van der Waals surface area contributed by atoms with Gasteiger partial charge < -0.3 is 19.7 Å². The lowest BCUT2D eigenvalue weighted by Gasteiger charge is -2.37. The van der Waals surface area contributed by atoms with Crippen molar-refractivity contribution >= 4 is 29.2 Å². The molecule has 0 spiro atoms. The Labute approximate surface area is 165 Å². The molecule has 2 atom stereocenters. The Morgan fingerprint density at radius 2 is 2.12 bits per heavy atom. The molecule has 144 valence electrons. The highest BCUT2D eigenvalue weighted by atomic mass is 35.5. The smallest absolute Gasteiger partial charge is 0.193 e. The number of benzene rings is 1. The molecule has 7 heteroatoms. The van der Waals surface area contributed by atoms with Gasteiger partial charge in [0.15, 0.2) is 5.96 Å². The third-order valence-corrected chi connectivity index (χ3v) is 5.49. The summed E-state index contributed by atoms with van der Waals surface area (Å²) in [4.78, 5) is 6.71. The first-order valence-corrected chi connectivity index (χ1v) is 10.1. The van der Waals surface area contributed by atoms with Crippen LogP contribution in [0.3, 0.4) is 0 Å². The standard InChI is InChI=1S/C19H27Cl2N3O2/c1-22-19(23-8-2-4-14-6-7-15(20)12-16(14)21)24-9-11-26-18(13-24)17-5-3-10-25-17/h6-7,12,17-18H,2-5,8-11,13H2,1H3,(H,22,23). The highest BCUT2D eigenvalue weighted by molar-refractivity contribution is 6.35. The van der Waals surface area contributed by atoms with Gasteiger partial charge in [-0.1, -0.05) is 29.3 Å². The predicted octanol–water partition coefficient (Wildman–Crippen LogP) is 3.38. The Bertz CT molecular complexity index is 621. The second-order valence-electron chi connectivity index (χ2n) is 6.72. The van der Waals surface area contributed by atoms with Gasteiger partial charge in [0.05, 0.1) is 12.7 Å². The third kappa shape index (κ3) is 5.26. The van der Waals surface area contributed by atoms with Crippen molar-refractivity contribution in [1.29, 1.82) is 0 Å². The number of hydrogen-bond donors (Lipinski definition) is 1. The third-order valence-electron chi connectivity index (χ3n) is 4.91. The first kappa shape index (κ1) is 19.7. The van der Waals surface area contributed by atoms with Gasteiger partial charge in [0.2, 0.25) is 0 Å². The van der Waals surface area contributed by atoms with Crippen LogP contribution in [0.15, 0.2) is 23.2 Å². The van der Waals surface area contributed by atoms with E-state index < -0.39 is 0 Å². The molecule has 0 bridgehead atoms. The molecule has 5 nitrogen and oxygen atoms in total. The Hall–Kier alpha value is -1.01. The van der Waals surface area contributed by atoms with E-state index in [1.807, 2.05) is 19.2 Å². The zero-order chi connectivity index (χ0) is 18.4. The zero-order valence-electron chi connectivity index (χ0n) is 15.2. The molecule has 0 radical (unpaired) electrons. The van der Waals surface area contributed by atoms with E-state index in [-0.39, 0.29) is 12.2 Å². The van der Waals surface area contributed by atoms with Crippen molar-refractivity contribution in [1.82, 2.24) is 10.2 Å². The summed E-state index contributed by atoms with van der Waals surface area (Å²) in [5.74, 6) is 0.929. The first-order chi connectivity index (χ1) is 12.7. The van der Waals surface area contributed by atoms with Crippen LogP contribution in [0.4, 0.5) is 0 Å². The van der Waals surface area contributed by atoms with Crippen LogP contribution in [-0.2, 0) is 15.9 Å². The molecule has 1 aromatic rings. The molecule has 0 saturated carbocycles. The monoisotopic (exact) mass is 399 g/mol. The van der Waals surface area contributed by atoms with Gasteiger partial charge in [-0.2, -0.15) is 0 Å². The van der Waals surface area contributed by atoms with Gasteiger partial charge >= 0.3 is 0 Å². The van der Waals surface area contributed by atoms with Gasteiger partial charge in [0, 0.05) is 43.3 Å². The van der Waals surface area contributed by atoms with Gasteiger partial charge in [-0.05, 0) is 43.4 Å². The van der Waals surface area contributed by atoms with Gasteiger partial charge in [-0.15, -0.1) is 0 Å². The van der Waals surface area contributed by atoms with E-state index in [0.29, 0.717) is 11.6 Å². The number of nitrogens with one attached hydrogen (secondary N) is 1. The number of halogens is 2. The van der Waals surface area contributed by atoms with E-state index >= 15 is 0 Å². The number of aryl methyl sites for hydroxylation is 1. The van der Waals surface area contributed by atoms with Crippen LogP contribution < -0.4 is 5.32 Å². The summed E-state index contributed by atoms with van der Waals surface area (Å²) in [7, 11) is 1.83. The van der Waals surface area contributed by atoms with E-state index in [2.05, 4.69) is 15.2 Å². The van der Waals surface area contributed by atoms with Crippen LogP contribution in [0.1, 0.15) is 24.8 Å². The van der Waals surface area contributed by atoms with Crippen LogP contribution >= 0.6 is 23.2 Å². The number of guanidine groups is 1. The molecule has 2 fully saturated rings. The molecular weight excluding hydrogens is 373 g/mol. The van der Waals surface area contributed by atoms with Crippen LogP contribution in [0, 0.1) is 0 Å². The lowest BCUT2D eigenvalue weighted by molar-refractivity contribution is -0.0816. The fourth-order valence-corrected chi connectivity index (χ4v) is 4.03. The van der Waals surface area contributed by atoms with E-state index in [1.54, 1.807) is 6.07 Å². The van der Waals surface area contributed by atoms with Crippen molar-refractivity contribution in [2.75, 3.05) is 39.9 Å². The highest BCUT2D eigenvalue weighted by Crippen LogP contribution is 2.22. The molecule has 0 aromatic heterocycles. The lowest BCUT2D eigenvalue weighted by Crippen LogP contribution is -2.53. The first-order valence-electron chi connectivity index (χ1n) is 9.30.